The molecule has 1 N–H and O–H groups in total. The summed E-state index contributed by atoms with van der Waals surface area (Å²) in [4.78, 5) is 27.4. The number of nitrogens with zero attached hydrogens (tertiary/aromatic N) is 2. The van der Waals surface area contributed by atoms with Crippen LogP contribution < -0.4 is 0 Å². The molecule has 2 amide bonds. The molecule has 0 aromatic carbocycles. The topological polar surface area (TPSA) is 74.0 Å². The van der Waals surface area contributed by atoms with Gasteiger partial charge in [-0.25, -0.2) is 4.79 Å². The van der Waals surface area contributed by atoms with E-state index in [0.29, 0.717) is 19.5 Å². The second-order valence-corrected chi connectivity index (χ2v) is 5.89. The van der Waals surface area contributed by atoms with Crippen LogP contribution >= 0.6 is 0 Å². The van der Waals surface area contributed by atoms with Gasteiger partial charge in [0.2, 0.25) is 0 Å². The summed E-state index contributed by atoms with van der Waals surface area (Å²) in [5.74, 6) is -0.516. The second kappa shape index (κ2) is 5.42. The SMILES string of the molecule is CC1C(C(=O)O)CCN1C(=O)N(Cc1ccco1)C1CC1. The molecule has 0 spiro atoms. The molecule has 1 aromatic rings. The average molecular weight is 292 g/mol. The molecule has 1 aromatic heterocycles. The predicted molar refractivity (Wildman–Crippen MR) is 74.6 cm³/mol. The van der Waals surface area contributed by atoms with E-state index >= 15 is 0 Å². The largest absolute Gasteiger partial charge is 0.481 e. The number of carbonyl (C=O) groups is 2. The lowest BCUT2D eigenvalue weighted by Gasteiger charge is -2.30. The number of furan rings is 1. The fourth-order valence-electron chi connectivity index (χ4n) is 3.01. The molecular weight excluding hydrogens is 272 g/mol. The Morgan fingerprint density at radius 2 is 2.19 bits per heavy atom. The van der Waals surface area contributed by atoms with E-state index in [0.717, 1.165) is 18.6 Å². The molecular formula is C15H20N2O4. The van der Waals surface area contributed by atoms with Crippen molar-refractivity contribution in [1.82, 2.24) is 9.80 Å². The Morgan fingerprint density at radius 1 is 1.43 bits per heavy atom. The second-order valence-electron chi connectivity index (χ2n) is 5.89. The van der Waals surface area contributed by atoms with Crippen molar-refractivity contribution in [1.29, 1.82) is 0 Å². The number of rotatable bonds is 4. The molecule has 1 saturated heterocycles. The summed E-state index contributed by atoms with van der Waals surface area (Å²) in [6.45, 7) is 2.79. The van der Waals surface area contributed by atoms with Crippen LogP contribution in [0.2, 0.25) is 0 Å². The highest BCUT2D eigenvalue weighted by molar-refractivity contribution is 5.78. The van der Waals surface area contributed by atoms with Crippen molar-refractivity contribution < 1.29 is 19.1 Å². The van der Waals surface area contributed by atoms with Crippen LogP contribution in [0.3, 0.4) is 0 Å². The summed E-state index contributed by atoms with van der Waals surface area (Å²) in [5, 5.41) is 9.18. The van der Waals surface area contributed by atoms with E-state index in [9.17, 15) is 14.7 Å². The summed E-state index contributed by atoms with van der Waals surface area (Å²) in [6.07, 6.45) is 4.15. The van der Waals surface area contributed by atoms with Crippen LogP contribution in [-0.4, -0.2) is 45.5 Å². The van der Waals surface area contributed by atoms with Gasteiger partial charge in [-0.3, -0.25) is 4.79 Å². The monoisotopic (exact) mass is 292 g/mol. The number of urea groups is 1. The maximum atomic E-state index is 12.7. The van der Waals surface area contributed by atoms with Crippen LogP contribution in [0.25, 0.3) is 0 Å². The third-order valence-electron chi connectivity index (χ3n) is 4.46. The first-order valence-corrected chi connectivity index (χ1v) is 7.40. The lowest BCUT2D eigenvalue weighted by atomic mass is 10.0. The first-order valence-electron chi connectivity index (χ1n) is 7.40. The Bertz CT molecular complexity index is 524. The molecule has 21 heavy (non-hydrogen) atoms. The number of carboxylic acid groups (broad SMARTS) is 1. The summed E-state index contributed by atoms with van der Waals surface area (Å²) >= 11 is 0. The van der Waals surface area contributed by atoms with Gasteiger partial charge in [0.05, 0.1) is 18.7 Å². The van der Waals surface area contributed by atoms with Crippen molar-refractivity contribution in [2.45, 2.75) is 44.8 Å². The fourth-order valence-corrected chi connectivity index (χ4v) is 3.01. The zero-order valence-corrected chi connectivity index (χ0v) is 12.1. The number of hydrogen-bond donors (Lipinski definition) is 1. The van der Waals surface area contributed by atoms with Crippen LogP contribution in [0.5, 0.6) is 0 Å². The Kier molecular flexibility index (Phi) is 3.61. The van der Waals surface area contributed by atoms with E-state index in [1.807, 2.05) is 24.0 Å². The molecule has 6 nitrogen and oxygen atoms in total. The maximum Gasteiger partial charge on any atom is 0.320 e. The van der Waals surface area contributed by atoms with Crippen LogP contribution in [0.15, 0.2) is 22.8 Å². The lowest BCUT2D eigenvalue weighted by molar-refractivity contribution is -0.142. The minimum Gasteiger partial charge on any atom is -0.481 e. The molecule has 0 radical (unpaired) electrons. The summed E-state index contributed by atoms with van der Waals surface area (Å²) in [7, 11) is 0. The van der Waals surface area contributed by atoms with E-state index in [2.05, 4.69) is 0 Å². The van der Waals surface area contributed by atoms with Crippen LogP contribution in [0.1, 0.15) is 31.9 Å². The third kappa shape index (κ3) is 2.75. The first-order chi connectivity index (χ1) is 10.1. The average Bonchev–Trinajstić information content (AvgIpc) is 3.01. The highest BCUT2D eigenvalue weighted by Crippen LogP contribution is 2.32. The van der Waals surface area contributed by atoms with Crippen molar-refractivity contribution in [2.24, 2.45) is 5.92 Å². The fraction of sp³-hybridized carbons (Fsp3) is 0.600. The van der Waals surface area contributed by atoms with Gasteiger partial charge in [0.25, 0.3) is 0 Å². The molecule has 2 heterocycles. The standard InChI is InChI=1S/C15H20N2O4/c1-10-13(14(18)19)6-7-16(10)15(20)17(11-4-5-11)9-12-3-2-8-21-12/h2-3,8,10-11,13H,4-7,9H2,1H3,(H,18,19). The third-order valence-corrected chi connectivity index (χ3v) is 4.46. The molecule has 2 atom stereocenters. The van der Waals surface area contributed by atoms with E-state index in [1.165, 1.54) is 0 Å². The number of carbonyl (C=O) groups excluding carboxylic acids is 1. The van der Waals surface area contributed by atoms with Gasteiger partial charge in [-0.15, -0.1) is 0 Å². The first kappa shape index (κ1) is 14.0. The van der Waals surface area contributed by atoms with Gasteiger partial charge in [-0.2, -0.15) is 0 Å². The van der Waals surface area contributed by atoms with Crippen LogP contribution in [0.4, 0.5) is 4.79 Å². The zero-order valence-electron chi connectivity index (χ0n) is 12.1. The van der Waals surface area contributed by atoms with E-state index in [1.54, 1.807) is 11.2 Å². The Hall–Kier alpha value is -1.98. The quantitative estimate of drug-likeness (QED) is 0.923. The number of aliphatic carboxylic acids is 1. The van der Waals surface area contributed by atoms with Crippen molar-refractivity contribution in [3.05, 3.63) is 24.2 Å². The molecule has 0 bridgehead atoms. The molecule has 1 aliphatic carbocycles. The summed E-state index contributed by atoms with van der Waals surface area (Å²) in [6, 6.07) is 3.61. The number of hydrogen-bond acceptors (Lipinski definition) is 3. The zero-order chi connectivity index (χ0) is 15.0. The van der Waals surface area contributed by atoms with Crippen LogP contribution in [-0.2, 0) is 11.3 Å². The summed E-state index contributed by atoms with van der Waals surface area (Å²) < 4.78 is 5.33. The molecule has 114 valence electrons. The Morgan fingerprint density at radius 3 is 2.71 bits per heavy atom. The lowest BCUT2D eigenvalue weighted by Crippen LogP contribution is -2.46. The highest BCUT2D eigenvalue weighted by atomic mass is 16.4. The van der Waals surface area contributed by atoms with Gasteiger partial charge >= 0.3 is 12.0 Å². The molecule has 1 saturated carbocycles. The molecule has 1 aliphatic heterocycles. The van der Waals surface area contributed by atoms with Crippen molar-refractivity contribution in [3.8, 4) is 0 Å². The minimum atomic E-state index is -0.818. The van der Waals surface area contributed by atoms with E-state index in [-0.39, 0.29) is 18.1 Å². The normalized spacial score (nSPS) is 25.1. The number of amides is 2. The van der Waals surface area contributed by atoms with E-state index < -0.39 is 11.9 Å². The Balaban J connectivity index is 1.71. The van der Waals surface area contributed by atoms with Gasteiger partial charge in [-0.05, 0) is 38.3 Å². The van der Waals surface area contributed by atoms with Gasteiger partial charge in [0, 0.05) is 18.6 Å². The van der Waals surface area contributed by atoms with Gasteiger partial charge in [-0.1, -0.05) is 0 Å². The van der Waals surface area contributed by atoms with Crippen molar-refractivity contribution >= 4 is 12.0 Å². The highest BCUT2D eigenvalue weighted by Gasteiger charge is 2.42. The van der Waals surface area contributed by atoms with Crippen LogP contribution in [0, 0.1) is 5.92 Å². The molecule has 2 fully saturated rings. The molecule has 6 heteroatoms. The molecule has 2 unspecified atom stereocenters. The minimum absolute atomic E-state index is 0.0647. The maximum absolute atomic E-state index is 12.7. The van der Waals surface area contributed by atoms with Crippen molar-refractivity contribution in [3.63, 3.8) is 0 Å². The van der Waals surface area contributed by atoms with Gasteiger partial charge in [0.1, 0.15) is 5.76 Å². The van der Waals surface area contributed by atoms with Gasteiger partial charge in [0.15, 0.2) is 0 Å². The number of likely N-dealkylation sites (tertiary alicyclic amines) is 1. The van der Waals surface area contributed by atoms with Gasteiger partial charge < -0.3 is 19.3 Å². The van der Waals surface area contributed by atoms with E-state index in [4.69, 9.17) is 4.42 Å². The molecule has 3 rings (SSSR count). The Labute approximate surface area is 123 Å². The molecule has 2 aliphatic rings. The predicted octanol–water partition coefficient (Wildman–Crippen LogP) is 2.16. The summed E-state index contributed by atoms with van der Waals surface area (Å²) in [5.41, 5.74) is 0. The number of carboxylic acids is 1. The smallest absolute Gasteiger partial charge is 0.320 e. The van der Waals surface area contributed by atoms with Crippen molar-refractivity contribution in [2.75, 3.05) is 6.54 Å².